The third-order valence-corrected chi connectivity index (χ3v) is 3.12. The summed E-state index contributed by atoms with van der Waals surface area (Å²) in [7, 11) is 1.99. The topological polar surface area (TPSA) is 43.8 Å². The Morgan fingerprint density at radius 1 is 1.31 bits per heavy atom. The highest BCUT2D eigenvalue weighted by atomic mass is 15.2. The second-order valence-electron chi connectivity index (χ2n) is 4.59. The maximum absolute atomic E-state index is 6.09. The fourth-order valence-corrected chi connectivity index (χ4v) is 1.96. The van der Waals surface area contributed by atoms with Crippen LogP contribution in [0.15, 0.2) is 12.3 Å². The second-order valence-corrected chi connectivity index (χ2v) is 4.59. The Kier molecular flexibility index (Phi) is 6.16. The average Bonchev–Trinajstić information content (AvgIpc) is 2.67. The van der Waals surface area contributed by atoms with Crippen LogP contribution in [0, 0.1) is 0 Å². The maximum Gasteiger partial charge on any atom is 0.0492 e. The van der Waals surface area contributed by atoms with Gasteiger partial charge in [0.1, 0.15) is 0 Å². The molecule has 0 aliphatic rings. The fourth-order valence-electron chi connectivity index (χ4n) is 1.96. The first kappa shape index (κ1) is 13.2. The van der Waals surface area contributed by atoms with Crippen LogP contribution in [0.1, 0.15) is 51.1 Å². The minimum Gasteiger partial charge on any atom is -0.328 e. The molecule has 0 amide bonds. The molecular weight excluding hydrogens is 198 g/mol. The lowest BCUT2D eigenvalue weighted by Gasteiger charge is -2.11. The van der Waals surface area contributed by atoms with Crippen molar-refractivity contribution in [2.75, 3.05) is 0 Å². The zero-order chi connectivity index (χ0) is 11.8. The van der Waals surface area contributed by atoms with Gasteiger partial charge in [-0.05, 0) is 25.3 Å². The molecule has 16 heavy (non-hydrogen) atoms. The minimum absolute atomic E-state index is 0.353. The minimum atomic E-state index is 0.353. The molecular formula is C13H25N3. The van der Waals surface area contributed by atoms with E-state index < -0.39 is 0 Å². The van der Waals surface area contributed by atoms with Crippen LogP contribution in [0.3, 0.4) is 0 Å². The van der Waals surface area contributed by atoms with E-state index in [9.17, 15) is 0 Å². The van der Waals surface area contributed by atoms with Crippen LogP contribution in [0.5, 0.6) is 0 Å². The van der Waals surface area contributed by atoms with Gasteiger partial charge in [0.05, 0.1) is 0 Å². The Morgan fingerprint density at radius 3 is 2.75 bits per heavy atom. The zero-order valence-electron chi connectivity index (χ0n) is 10.7. The number of hydrogen-bond acceptors (Lipinski definition) is 2. The first-order chi connectivity index (χ1) is 7.74. The van der Waals surface area contributed by atoms with E-state index in [1.807, 2.05) is 17.9 Å². The van der Waals surface area contributed by atoms with Crippen molar-refractivity contribution in [2.45, 2.75) is 57.9 Å². The summed E-state index contributed by atoms with van der Waals surface area (Å²) in [6.07, 6.45) is 10.4. The molecule has 0 radical (unpaired) electrons. The predicted octanol–water partition coefficient (Wildman–Crippen LogP) is 2.65. The van der Waals surface area contributed by atoms with Crippen molar-refractivity contribution < 1.29 is 0 Å². The van der Waals surface area contributed by atoms with Gasteiger partial charge in [0.2, 0.25) is 0 Å². The lowest BCUT2D eigenvalue weighted by atomic mass is 10.0. The Morgan fingerprint density at radius 2 is 2.12 bits per heavy atom. The summed E-state index contributed by atoms with van der Waals surface area (Å²) in [5.74, 6) is 0. The van der Waals surface area contributed by atoms with E-state index in [0.717, 1.165) is 19.3 Å². The molecule has 1 rings (SSSR count). The van der Waals surface area contributed by atoms with Crippen LogP contribution in [0.2, 0.25) is 0 Å². The summed E-state index contributed by atoms with van der Waals surface area (Å²) in [4.78, 5) is 0. The van der Waals surface area contributed by atoms with Gasteiger partial charge < -0.3 is 5.73 Å². The van der Waals surface area contributed by atoms with Crippen molar-refractivity contribution in [2.24, 2.45) is 12.8 Å². The van der Waals surface area contributed by atoms with Crippen molar-refractivity contribution in [3.05, 3.63) is 18.0 Å². The summed E-state index contributed by atoms with van der Waals surface area (Å²) in [5, 5.41) is 4.16. The van der Waals surface area contributed by atoms with E-state index in [1.165, 1.54) is 31.4 Å². The lowest BCUT2D eigenvalue weighted by Crippen LogP contribution is -2.21. The van der Waals surface area contributed by atoms with Crippen LogP contribution >= 0.6 is 0 Å². The molecule has 0 saturated carbocycles. The molecule has 1 heterocycles. The summed E-state index contributed by atoms with van der Waals surface area (Å²) in [5.41, 5.74) is 7.37. The van der Waals surface area contributed by atoms with Gasteiger partial charge in [0, 0.05) is 25.0 Å². The largest absolute Gasteiger partial charge is 0.328 e. The third-order valence-electron chi connectivity index (χ3n) is 3.12. The molecule has 1 atom stereocenters. The molecule has 3 heteroatoms. The standard InChI is InChI=1S/C13H25N3/c1-3-4-5-6-7-12(14)8-9-13-10-11-15-16(13)2/h10-12H,3-9,14H2,1-2H3. The van der Waals surface area contributed by atoms with Gasteiger partial charge in [-0.1, -0.05) is 32.6 Å². The SMILES string of the molecule is CCCCCCC(N)CCc1ccnn1C. The fraction of sp³-hybridized carbons (Fsp3) is 0.769. The molecule has 1 aromatic rings. The monoisotopic (exact) mass is 223 g/mol. The van der Waals surface area contributed by atoms with E-state index in [1.54, 1.807) is 0 Å². The number of rotatable bonds is 8. The molecule has 0 aliphatic carbocycles. The van der Waals surface area contributed by atoms with Crippen LogP contribution in [0.25, 0.3) is 0 Å². The Hall–Kier alpha value is -0.830. The van der Waals surface area contributed by atoms with Crippen LogP contribution < -0.4 is 5.73 Å². The smallest absolute Gasteiger partial charge is 0.0492 e. The number of hydrogen-bond donors (Lipinski definition) is 1. The number of aryl methyl sites for hydroxylation is 2. The molecule has 0 spiro atoms. The van der Waals surface area contributed by atoms with Gasteiger partial charge in [-0.2, -0.15) is 5.10 Å². The van der Waals surface area contributed by atoms with Crippen molar-refractivity contribution >= 4 is 0 Å². The molecule has 0 aliphatic heterocycles. The van der Waals surface area contributed by atoms with Gasteiger partial charge in [0.15, 0.2) is 0 Å². The molecule has 0 saturated heterocycles. The molecule has 2 N–H and O–H groups in total. The molecule has 92 valence electrons. The van der Waals surface area contributed by atoms with Gasteiger partial charge in [0.25, 0.3) is 0 Å². The van der Waals surface area contributed by atoms with Gasteiger partial charge in [-0.3, -0.25) is 4.68 Å². The van der Waals surface area contributed by atoms with E-state index >= 15 is 0 Å². The zero-order valence-corrected chi connectivity index (χ0v) is 10.7. The highest BCUT2D eigenvalue weighted by Gasteiger charge is 2.05. The first-order valence-corrected chi connectivity index (χ1v) is 6.46. The van der Waals surface area contributed by atoms with Crippen molar-refractivity contribution in [3.63, 3.8) is 0 Å². The van der Waals surface area contributed by atoms with Gasteiger partial charge in [-0.15, -0.1) is 0 Å². The van der Waals surface area contributed by atoms with E-state index in [4.69, 9.17) is 5.73 Å². The van der Waals surface area contributed by atoms with Crippen LogP contribution in [-0.2, 0) is 13.5 Å². The second kappa shape index (κ2) is 7.44. The van der Waals surface area contributed by atoms with E-state index in [-0.39, 0.29) is 0 Å². The van der Waals surface area contributed by atoms with Crippen molar-refractivity contribution in [3.8, 4) is 0 Å². The molecule has 0 aromatic carbocycles. The number of nitrogens with zero attached hydrogens (tertiary/aromatic N) is 2. The van der Waals surface area contributed by atoms with Crippen molar-refractivity contribution in [1.29, 1.82) is 0 Å². The Labute approximate surface area is 99.0 Å². The van der Waals surface area contributed by atoms with Gasteiger partial charge >= 0.3 is 0 Å². The third kappa shape index (κ3) is 4.79. The lowest BCUT2D eigenvalue weighted by molar-refractivity contribution is 0.514. The summed E-state index contributed by atoms with van der Waals surface area (Å²) >= 11 is 0. The van der Waals surface area contributed by atoms with Crippen LogP contribution in [0.4, 0.5) is 0 Å². The maximum atomic E-state index is 6.09. The number of unbranched alkanes of at least 4 members (excludes halogenated alkanes) is 3. The highest BCUT2D eigenvalue weighted by Crippen LogP contribution is 2.09. The molecule has 1 aromatic heterocycles. The Bertz CT molecular complexity index is 280. The first-order valence-electron chi connectivity index (χ1n) is 6.46. The molecule has 1 unspecified atom stereocenters. The molecule has 0 bridgehead atoms. The summed E-state index contributed by atoms with van der Waals surface area (Å²) in [6.45, 7) is 2.24. The van der Waals surface area contributed by atoms with Crippen molar-refractivity contribution in [1.82, 2.24) is 9.78 Å². The number of nitrogens with two attached hydrogens (primary N) is 1. The normalized spacial score (nSPS) is 12.9. The predicted molar refractivity (Wildman–Crippen MR) is 68.3 cm³/mol. The van der Waals surface area contributed by atoms with E-state index in [2.05, 4.69) is 18.1 Å². The molecule has 3 nitrogen and oxygen atoms in total. The summed E-state index contributed by atoms with van der Waals surface area (Å²) in [6, 6.07) is 2.43. The van der Waals surface area contributed by atoms with Gasteiger partial charge in [-0.25, -0.2) is 0 Å². The highest BCUT2D eigenvalue weighted by molar-refractivity contribution is 5.00. The van der Waals surface area contributed by atoms with Crippen LogP contribution in [-0.4, -0.2) is 15.8 Å². The number of aromatic nitrogens is 2. The Balaban J connectivity index is 2.10. The van der Waals surface area contributed by atoms with E-state index in [0.29, 0.717) is 6.04 Å². The average molecular weight is 223 g/mol. The summed E-state index contributed by atoms with van der Waals surface area (Å²) < 4.78 is 1.93. The quantitative estimate of drug-likeness (QED) is 0.689. The molecule has 0 fully saturated rings.